The summed E-state index contributed by atoms with van der Waals surface area (Å²) in [5.74, 6) is 2.03. The van der Waals surface area contributed by atoms with Gasteiger partial charge in [0.2, 0.25) is 0 Å². The van der Waals surface area contributed by atoms with E-state index >= 15 is 0 Å². The minimum Gasteiger partial charge on any atom is -0.872 e. The number of rotatable bonds is 4. The number of ether oxygens (including phenoxy) is 1. The second kappa shape index (κ2) is 18.7. The van der Waals surface area contributed by atoms with Crippen molar-refractivity contribution in [3.8, 4) is 39.9 Å². The van der Waals surface area contributed by atoms with Gasteiger partial charge in [0.1, 0.15) is 11.5 Å². The summed E-state index contributed by atoms with van der Waals surface area (Å²) in [4.78, 5) is 0. The number of hydrogen-bond acceptors (Lipinski definition) is 4. The van der Waals surface area contributed by atoms with E-state index in [1.165, 1.54) is 23.3 Å². The van der Waals surface area contributed by atoms with Gasteiger partial charge in [0.25, 0.3) is 0 Å². The van der Waals surface area contributed by atoms with Crippen LogP contribution in [0.4, 0.5) is 11.4 Å². The molecule has 1 aliphatic rings. The van der Waals surface area contributed by atoms with Crippen molar-refractivity contribution in [2.45, 2.75) is 105 Å². The molecular weight excluding hydrogens is 896 g/mol. The van der Waals surface area contributed by atoms with Gasteiger partial charge in [-0.3, -0.25) is 0 Å². The Balaban J connectivity index is 0.000000391. The molecule has 0 saturated heterocycles. The van der Waals surface area contributed by atoms with Crippen LogP contribution in [0.25, 0.3) is 32.7 Å². The summed E-state index contributed by atoms with van der Waals surface area (Å²) in [6, 6.07) is 50.5. The molecule has 7 heteroatoms. The molecule has 0 aliphatic carbocycles. The van der Waals surface area contributed by atoms with Crippen LogP contribution < -0.4 is 9.84 Å². The topological polar surface area (TPSA) is 78.8 Å². The van der Waals surface area contributed by atoms with E-state index in [-0.39, 0.29) is 27.4 Å². The summed E-state index contributed by atoms with van der Waals surface area (Å²) in [6.07, 6.45) is 4.24. The van der Waals surface area contributed by atoms with Crippen LogP contribution in [-0.4, -0.2) is 29.9 Å². The van der Waals surface area contributed by atoms with Crippen molar-refractivity contribution < 1.29 is 42.4 Å². The zero-order valence-electron chi connectivity index (χ0n) is 42.0. The molecule has 0 unspecified atom stereocenters. The molecule has 0 bridgehead atoms. The molecule has 0 atom stereocenters. The zero-order chi connectivity index (χ0) is 49.6. The van der Waals surface area contributed by atoms with Crippen LogP contribution >= 0.6 is 0 Å². The Morgan fingerprint density at radius 2 is 0.841 bits per heavy atom. The Morgan fingerprint density at radius 1 is 0.449 bits per heavy atom. The van der Waals surface area contributed by atoms with E-state index in [4.69, 9.17) is 4.74 Å². The number of benzene rings is 8. The number of phenols is 2. The average molecular weight is 961 g/mol. The summed E-state index contributed by atoms with van der Waals surface area (Å²) in [5.41, 5.74) is 9.26. The Bertz CT molecular complexity index is 3090. The fraction of sp³-hybridized carbons (Fsp3) is 0.258. The van der Waals surface area contributed by atoms with Crippen LogP contribution in [0.3, 0.4) is 0 Å². The van der Waals surface area contributed by atoms with Gasteiger partial charge in [0.15, 0.2) is 0 Å². The standard InChI is InChI=1S/C50H56N2O2.C12H10O2.Co/c1-47(2,3)35-25-33(45(53)39(27-35)49(7,8)9)29-51-41-23-21-31-17-13-15-19-37(31)43(41)44-38-20-16-14-18-32(38)22-24-42(44)52-30-34-26-36(48(4,5)6)28-40(46(34)54)50(10,11)12;13-10-6-8-12(9-7-10)14-11-4-2-1-3-5-11;/h13-30,53-54H,1-12H3;1-9,13H;/q;;+2/p-1. The second-order valence-electron chi connectivity index (χ2n) is 22.1. The quantitative estimate of drug-likeness (QED) is 0.184. The molecule has 0 fully saturated rings. The molecule has 0 saturated carbocycles. The van der Waals surface area contributed by atoms with Gasteiger partial charge in [0.05, 0.1) is 0 Å². The first-order valence-electron chi connectivity index (χ1n) is 23.7. The van der Waals surface area contributed by atoms with Gasteiger partial charge >= 0.3 is 336 Å². The molecule has 1 heterocycles. The van der Waals surface area contributed by atoms with Crippen molar-refractivity contribution in [3.63, 3.8) is 0 Å². The van der Waals surface area contributed by atoms with Gasteiger partial charge in [-0.1, -0.05) is 30.3 Å². The number of phenolic OH excluding ortho intramolecular Hbond substituents is 2. The van der Waals surface area contributed by atoms with Gasteiger partial charge in [-0.05, 0) is 24.3 Å². The predicted molar refractivity (Wildman–Crippen MR) is 280 cm³/mol. The monoisotopic (exact) mass is 960 g/mol. The summed E-state index contributed by atoms with van der Waals surface area (Å²) in [6.45, 7) is 26.3. The molecule has 1 aliphatic heterocycles. The first-order chi connectivity index (χ1) is 32.5. The van der Waals surface area contributed by atoms with Crippen LogP contribution in [0.1, 0.15) is 116 Å². The van der Waals surface area contributed by atoms with E-state index in [0.717, 1.165) is 87.2 Å². The molecule has 0 spiro atoms. The maximum absolute atomic E-state index is 12.1. The average Bonchev–Trinajstić information content (AvgIpc) is 3.42. The molecule has 0 amide bonds. The van der Waals surface area contributed by atoms with Gasteiger partial charge in [-0.25, -0.2) is 0 Å². The maximum atomic E-state index is 12.1. The van der Waals surface area contributed by atoms with Crippen molar-refractivity contribution in [2.24, 2.45) is 0 Å². The third-order valence-electron chi connectivity index (χ3n) is 12.6. The predicted octanol–water partition coefficient (Wildman–Crippen LogP) is 15.3. The molecule has 0 aromatic heterocycles. The Labute approximate surface area is 415 Å². The summed E-state index contributed by atoms with van der Waals surface area (Å²) < 4.78 is 10.0. The van der Waals surface area contributed by atoms with Crippen molar-refractivity contribution in [3.05, 3.63) is 185 Å². The molecule has 6 nitrogen and oxygen atoms in total. The number of para-hydroxylation sites is 1. The molecule has 8 aromatic carbocycles. The fourth-order valence-corrected chi connectivity index (χ4v) is 9.86. The summed E-state index contributed by atoms with van der Waals surface area (Å²) >= 11 is 0.853. The normalized spacial score (nSPS) is 14.4. The van der Waals surface area contributed by atoms with Gasteiger partial charge < -0.3 is 9.84 Å². The number of hydrogen-bond donors (Lipinski definition) is 2. The Hall–Kier alpha value is -6.67. The molecular formula is C62H65CoN2O4+. The minimum atomic E-state index is -0.270. The van der Waals surface area contributed by atoms with Crippen molar-refractivity contribution in [2.75, 3.05) is 0 Å². The van der Waals surface area contributed by atoms with E-state index in [1.54, 1.807) is 12.1 Å². The third kappa shape index (κ3) is 10.5. The fourth-order valence-electron chi connectivity index (χ4n) is 8.60. The van der Waals surface area contributed by atoms with Crippen LogP contribution in [0.15, 0.2) is 152 Å². The van der Waals surface area contributed by atoms with Crippen LogP contribution in [-0.2, 0) is 36.8 Å². The first-order valence-corrected chi connectivity index (χ1v) is 24.6. The van der Waals surface area contributed by atoms with Gasteiger partial charge in [-0.2, -0.15) is 0 Å². The van der Waals surface area contributed by atoms with Crippen molar-refractivity contribution in [1.29, 1.82) is 0 Å². The van der Waals surface area contributed by atoms with Gasteiger partial charge in [0, 0.05) is 0 Å². The molecule has 2 N–H and O–H groups in total. The van der Waals surface area contributed by atoms with Crippen molar-refractivity contribution in [1.82, 2.24) is 0 Å². The second-order valence-corrected chi connectivity index (χ2v) is 23.3. The molecule has 8 aromatic rings. The number of fused-ring (bicyclic) bond motifs is 7. The third-order valence-corrected chi connectivity index (χ3v) is 13.8. The summed E-state index contributed by atoms with van der Waals surface area (Å²) in [7, 11) is 0. The van der Waals surface area contributed by atoms with E-state index < -0.39 is 0 Å². The smallest absolute Gasteiger partial charge is 0.127 e. The number of nitrogens with zero attached hydrogens (tertiary/aromatic N) is 2. The molecule has 69 heavy (non-hydrogen) atoms. The minimum absolute atomic E-state index is 0.00888. The van der Waals surface area contributed by atoms with E-state index in [0.29, 0.717) is 17.2 Å². The Kier molecular flexibility index (Phi) is 13.2. The van der Waals surface area contributed by atoms with E-state index in [2.05, 4.69) is 200 Å². The Morgan fingerprint density at radius 3 is 1.25 bits per heavy atom. The van der Waals surface area contributed by atoms with E-state index in [1.807, 2.05) is 30.3 Å². The van der Waals surface area contributed by atoms with Crippen LogP contribution in [0.2, 0.25) is 0 Å². The van der Waals surface area contributed by atoms with Crippen molar-refractivity contribution >= 4 is 45.3 Å². The SMILES string of the molecule is CC(C)(C)c1cc(C=[N+]2[Co][N+](=Cc3cc(C(C)(C)C)cc(C(C)(C)C)c3O)c3ccc4ccccc4c3-c3c2ccc2ccccc32)c(O)c(C(C)(C)C)c1.[O-]c1ccc(Oc2ccccc2)cc1. The number of aromatic hydroxyl groups is 2. The van der Waals surface area contributed by atoms with Gasteiger partial charge in [-0.15, -0.1) is 5.75 Å². The van der Waals surface area contributed by atoms with Crippen LogP contribution in [0, 0.1) is 0 Å². The first kappa shape index (κ1) is 48.8. The largest absolute Gasteiger partial charge is 0.872 e. The van der Waals surface area contributed by atoms with Crippen LogP contribution in [0.5, 0.6) is 28.7 Å². The maximum Gasteiger partial charge on any atom is 0.127 e. The molecule has 9 rings (SSSR count). The molecule has 0 radical (unpaired) electrons. The molecule has 355 valence electrons. The van der Waals surface area contributed by atoms with E-state index in [9.17, 15) is 15.3 Å². The zero-order valence-corrected chi connectivity index (χ0v) is 43.1. The summed E-state index contributed by atoms with van der Waals surface area (Å²) in [5, 5.41) is 39.6.